The number of methoxy groups -OCH3 is 1. The number of nitrogens with zero attached hydrogens (tertiary/aromatic N) is 3. The van der Waals surface area contributed by atoms with E-state index >= 15 is 0 Å². The Bertz CT molecular complexity index is 1140. The third-order valence-electron chi connectivity index (χ3n) is 5.48. The van der Waals surface area contributed by atoms with Gasteiger partial charge in [-0.1, -0.05) is 13.8 Å². The molecule has 0 bridgehead atoms. The van der Waals surface area contributed by atoms with E-state index in [1.54, 1.807) is 0 Å². The molecule has 2 heterocycles. The molecular weight excluding hydrogens is 436 g/mol. The first-order valence-electron chi connectivity index (χ1n) is 10.8. The van der Waals surface area contributed by atoms with Crippen LogP contribution in [0.1, 0.15) is 25.8 Å². The number of ether oxygens (including phenoxy) is 1. The van der Waals surface area contributed by atoms with Crippen LogP contribution in [0.4, 0.5) is 26.0 Å². The molecule has 0 saturated heterocycles. The second-order valence-corrected chi connectivity index (χ2v) is 8.46. The fraction of sp³-hybridized carbons (Fsp3) is 0.500. The van der Waals surface area contributed by atoms with Gasteiger partial charge in [0.05, 0.1) is 18.8 Å². The van der Waals surface area contributed by atoms with Gasteiger partial charge in [-0.25, -0.2) is 13.6 Å². The molecule has 3 N–H and O–H groups in total. The molecule has 0 atom stereocenters. The van der Waals surface area contributed by atoms with Crippen molar-refractivity contribution in [3.8, 4) is 0 Å². The SMILES string of the molecule is COCCN(C(=O)CN1CCCc2cc(F)cc(F)c21)c1c(N)n(CC(C)C)c(=O)[nH]c1=O. The standard InChI is InChI=1S/C22H29F2N5O4/c1-13(2)11-29-20(25)19(21(31)26-22(29)32)28(7-8-33-3)17(30)12-27-6-4-5-14-9-15(23)10-16(24)18(14)27/h9-10,13H,4-8,11-12,25H2,1-3H3,(H,26,31,32). The highest BCUT2D eigenvalue weighted by Crippen LogP contribution is 2.31. The van der Waals surface area contributed by atoms with Crippen LogP contribution in [0.3, 0.4) is 0 Å². The molecule has 1 amide bonds. The molecule has 0 radical (unpaired) electrons. The van der Waals surface area contributed by atoms with Gasteiger partial charge in [-0.2, -0.15) is 0 Å². The van der Waals surface area contributed by atoms with Gasteiger partial charge in [-0.3, -0.25) is 19.1 Å². The minimum Gasteiger partial charge on any atom is -0.383 e. The molecule has 3 rings (SSSR count). The van der Waals surface area contributed by atoms with Crippen molar-refractivity contribution in [2.75, 3.05) is 48.9 Å². The highest BCUT2D eigenvalue weighted by atomic mass is 19.1. The van der Waals surface area contributed by atoms with Crippen molar-refractivity contribution in [3.63, 3.8) is 0 Å². The number of hydrogen-bond acceptors (Lipinski definition) is 6. The molecule has 0 spiro atoms. The van der Waals surface area contributed by atoms with Crippen LogP contribution in [0.2, 0.25) is 0 Å². The Kier molecular flexibility index (Phi) is 7.52. The van der Waals surface area contributed by atoms with Gasteiger partial charge in [0.1, 0.15) is 17.5 Å². The van der Waals surface area contributed by atoms with Gasteiger partial charge >= 0.3 is 5.69 Å². The van der Waals surface area contributed by atoms with Crippen molar-refractivity contribution in [3.05, 3.63) is 50.2 Å². The number of carbonyl (C=O) groups is 1. The summed E-state index contributed by atoms with van der Waals surface area (Å²) in [6.07, 6.45) is 1.11. The molecule has 9 nitrogen and oxygen atoms in total. The monoisotopic (exact) mass is 465 g/mol. The van der Waals surface area contributed by atoms with Crippen molar-refractivity contribution in [1.82, 2.24) is 9.55 Å². The van der Waals surface area contributed by atoms with E-state index < -0.39 is 28.8 Å². The molecule has 1 aliphatic rings. The largest absolute Gasteiger partial charge is 0.383 e. The van der Waals surface area contributed by atoms with E-state index in [4.69, 9.17) is 10.5 Å². The van der Waals surface area contributed by atoms with E-state index in [0.717, 1.165) is 11.0 Å². The van der Waals surface area contributed by atoms with Crippen LogP contribution in [0, 0.1) is 17.6 Å². The summed E-state index contributed by atoms with van der Waals surface area (Å²) in [7, 11) is 1.45. The molecule has 0 saturated carbocycles. The summed E-state index contributed by atoms with van der Waals surface area (Å²) in [5.74, 6) is -2.03. The normalized spacial score (nSPS) is 13.3. The van der Waals surface area contributed by atoms with Crippen molar-refractivity contribution in [1.29, 1.82) is 0 Å². The average molecular weight is 466 g/mol. The number of amides is 1. The summed E-state index contributed by atoms with van der Waals surface area (Å²) in [5.41, 5.74) is 5.23. The summed E-state index contributed by atoms with van der Waals surface area (Å²) in [5, 5.41) is 0. The summed E-state index contributed by atoms with van der Waals surface area (Å²) in [6.45, 7) is 4.24. The Morgan fingerprint density at radius 2 is 2.03 bits per heavy atom. The smallest absolute Gasteiger partial charge is 0.330 e. The maximum Gasteiger partial charge on any atom is 0.330 e. The summed E-state index contributed by atoms with van der Waals surface area (Å²) >= 11 is 0. The quantitative estimate of drug-likeness (QED) is 0.611. The molecular formula is C22H29F2N5O4. The number of carbonyl (C=O) groups excluding carboxylic acids is 1. The van der Waals surface area contributed by atoms with Crippen molar-refractivity contribution < 1.29 is 18.3 Å². The molecule has 180 valence electrons. The number of anilines is 3. The number of nitrogens with one attached hydrogen (secondary N) is 1. The Labute approximate surface area is 189 Å². The molecule has 2 aromatic rings. The summed E-state index contributed by atoms with van der Waals surface area (Å²) in [6, 6.07) is 2.05. The van der Waals surface area contributed by atoms with Crippen molar-refractivity contribution in [2.24, 2.45) is 5.92 Å². The Morgan fingerprint density at radius 1 is 1.30 bits per heavy atom. The number of aromatic nitrogens is 2. The zero-order valence-corrected chi connectivity index (χ0v) is 19.0. The third-order valence-corrected chi connectivity index (χ3v) is 5.48. The zero-order chi connectivity index (χ0) is 24.3. The molecule has 0 fully saturated rings. The molecule has 11 heteroatoms. The predicted octanol–water partition coefficient (Wildman–Crippen LogP) is 1.49. The molecule has 33 heavy (non-hydrogen) atoms. The molecule has 1 aliphatic heterocycles. The fourth-order valence-corrected chi connectivity index (χ4v) is 4.07. The van der Waals surface area contributed by atoms with Gasteiger partial charge < -0.3 is 20.3 Å². The van der Waals surface area contributed by atoms with E-state index in [2.05, 4.69) is 4.98 Å². The number of benzene rings is 1. The van der Waals surface area contributed by atoms with Crippen LogP contribution in [0.5, 0.6) is 0 Å². The highest BCUT2D eigenvalue weighted by Gasteiger charge is 2.29. The Balaban J connectivity index is 2.00. The van der Waals surface area contributed by atoms with Gasteiger partial charge in [0.2, 0.25) is 5.91 Å². The van der Waals surface area contributed by atoms with E-state index in [-0.39, 0.29) is 49.4 Å². The van der Waals surface area contributed by atoms with Gasteiger partial charge in [0, 0.05) is 32.8 Å². The maximum atomic E-state index is 14.6. The zero-order valence-electron chi connectivity index (χ0n) is 19.0. The highest BCUT2D eigenvalue weighted by molar-refractivity contribution is 5.98. The minimum absolute atomic E-state index is 0.00487. The second-order valence-electron chi connectivity index (χ2n) is 8.46. The topological polar surface area (TPSA) is 114 Å². The number of H-pyrrole nitrogens is 1. The van der Waals surface area contributed by atoms with Gasteiger partial charge in [-0.05, 0) is 30.4 Å². The first-order valence-corrected chi connectivity index (χ1v) is 10.8. The number of nitrogens with two attached hydrogens (primary N) is 1. The van der Waals surface area contributed by atoms with E-state index in [1.165, 1.54) is 22.6 Å². The number of hydrogen-bond donors (Lipinski definition) is 2. The third kappa shape index (κ3) is 5.24. The van der Waals surface area contributed by atoms with Gasteiger partial charge in [0.25, 0.3) is 5.56 Å². The predicted molar refractivity (Wildman–Crippen MR) is 122 cm³/mol. The second kappa shape index (κ2) is 10.2. The number of aromatic amines is 1. The van der Waals surface area contributed by atoms with E-state index in [9.17, 15) is 23.2 Å². The number of aryl methyl sites for hydroxylation is 1. The summed E-state index contributed by atoms with van der Waals surface area (Å²) < 4.78 is 34.5. The first kappa shape index (κ1) is 24.4. The molecule has 1 aromatic heterocycles. The lowest BCUT2D eigenvalue weighted by molar-refractivity contribution is -0.117. The van der Waals surface area contributed by atoms with Crippen molar-refractivity contribution >= 4 is 23.1 Å². The molecule has 0 unspecified atom stereocenters. The molecule has 1 aromatic carbocycles. The average Bonchev–Trinajstić information content (AvgIpc) is 2.72. The van der Waals surface area contributed by atoms with Gasteiger partial charge in [-0.15, -0.1) is 0 Å². The van der Waals surface area contributed by atoms with Gasteiger partial charge in [0.15, 0.2) is 5.69 Å². The number of nitrogen functional groups attached to an aromatic ring is 1. The lowest BCUT2D eigenvalue weighted by atomic mass is 10.0. The van der Waals surface area contributed by atoms with Crippen LogP contribution in [0.15, 0.2) is 21.7 Å². The number of rotatable bonds is 8. The van der Waals surface area contributed by atoms with Crippen LogP contribution < -0.4 is 26.8 Å². The van der Waals surface area contributed by atoms with Crippen molar-refractivity contribution in [2.45, 2.75) is 33.2 Å². The van der Waals surface area contributed by atoms with Crippen LogP contribution in [-0.2, 0) is 22.5 Å². The van der Waals surface area contributed by atoms with Crippen LogP contribution >= 0.6 is 0 Å². The first-order chi connectivity index (χ1) is 15.6. The van der Waals surface area contributed by atoms with E-state index in [0.29, 0.717) is 24.9 Å². The Morgan fingerprint density at radius 3 is 2.70 bits per heavy atom. The lowest BCUT2D eigenvalue weighted by Crippen LogP contribution is -2.47. The maximum absolute atomic E-state index is 14.6. The summed E-state index contributed by atoms with van der Waals surface area (Å²) in [4.78, 5) is 43.3. The Hall–Kier alpha value is -3.21. The number of halogens is 2. The fourth-order valence-electron chi connectivity index (χ4n) is 4.07. The lowest BCUT2D eigenvalue weighted by Gasteiger charge is -2.33. The van der Waals surface area contributed by atoms with Crippen LogP contribution in [0.25, 0.3) is 0 Å². The molecule has 0 aliphatic carbocycles. The van der Waals surface area contributed by atoms with Crippen LogP contribution in [-0.4, -0.2) is 48.8 Å². The van der Waals surface area contributed by atoms with E-state index in [1.807, 2.05) is 13.8 Å². The number of fused-ring (bicyclic) bond motifs is 1. The minimum atomic E-state index is -0.797.